The molecular weight excluding hydrogens is 187 g/mol. The normalized spacial score (nSPS) is 10.6. The van der Waals surface area contributed by atoms with Gasteiger partial charge in [0.05, 0.1) is 11.2 Å². The predicted octanol–water partition coefficient (Wildman–Crippen LogP) is 0.843. The molecule has 0 aliphatic carbocycles. The van der Waals surface area contributed by atoms with Gasteiger partial charge in [0.25, 0.3) is 0 Å². The van der Waals surface area contributed by atoms with Crippen molar-refractivity contribution in [2.45, 2.75) is 6.92 Å². The molecule has 75 valence electrons. The Hall–Kier alpha value is -1.55. The highest BCUT2D eigenvalue weighted by Gasteiger charge is 2.09. The average molecular weight is 199 g/mol. The van der Waals surface area contributed by atoms with Crippen molar-refractivity contribution in [2.24, 2.45) is 7.05 Å². The first kappa shape index (κ1) is 9.99. The van der Waals surface area contributed by atoms with Crippen molar-refractivity contribution < 1.29 is 5.02 Å². The largest absolute Gasteiger partial charge is 0.450 e. The molecule has 4 heteroatoms. The Labute approximate surface area is 89.3 Å². The first-order chi connectivity index (χ1) is 7.13. The van der Waals surface area contributed by atoms with E-state index in [4.69, 9.17) is 5.02 Å². The van der Waals surface area contributed by atoms with Crippen LogP contribution in [0.1, 0.15) is 12.6 Å². The smallest absolute Gasteiger partial charge is 0.326 e. The van der Waals surface area contributed by atoms with E-state index < -0.39 is 0 Å². The molecule has 15 heavy (non-hydrogen) atoms. The molecule has 0 atom stereocenters. The lowest BCUT2D eigenvalue weighted by atomic mass is 9.87. The molecule has 1 aromatic carbocycles. The summed E-state index contributed by atoms with van der Waals surface area (Å²) >= 11 is 0. The molecule has 0 aliphatic rings. The number of aryl methyl sites for hydroxylation is 1. The zero-order valence-electron chi connectivity index (χ0n) is 8.86. The summed E-state index contributed by atoms with van der Waals surface area (Å²) in [6.07, 6.45) is 0. The predicted molar refractivity (Wildman–Crippen MR) is 63.0 cm³/mol. The Balaban J connectivity index is 2.77. The second-order valence-electron chi connectivity index (χ2n) is 3.66. The summed E-state index contributed by atoms with van der Waals surface area (Å²) in [5.41, 5.74) is 3.67. The third-order valence-corrected chi connectivity index (χ3v) is 2.41. The molecule has 1 heterocycles. The first-order valence-corrected chi connectivity index (χ1v) is 4.73. The Kier molecular flexibility index (Phi) is 2.36. The first-order valence-electron chi connectivity index (χ1n) is 4.73. The van der Waals surface area contributed by atoms with Gasteiger partial charge in [0.15, 0.2) is 0 Å². The summed E-state index contributed by atoms with van der Waals surface area (Å²) in [6, 6.07) is 5.63. The number of allylic oxidation sites excluding steroid dienone is 1. The van der Waals surface area contributed by atoms with E-state index in [1.165, 1.54) is 0 Å². The summed E-state index contributed by atoms with van der Waals surface area (Å²) in [6.45, 7) is 5.88. The number of fused-ring (bicyclic) bond motifs is 1. The van der Waals surface area contributed by atoms with Gasteiger partial charge in [-0.2, -0.15) is 5.10 Å². The molecule has 0 aliphatic heterocycles. The summed E-state index contributed by atoms with van der Waals surface area (Å²) in [5.74, 6) is 0. The molecule has 0 fully saturated rings. The number of hydrogen-bond acceptors (Lipinski definition) is 2. The van der Waals surface area contributed by atoms with Crippen molar-refractivity contribution in [3.8, 4) is 0 Å². The van der Waals surface area contributed by atoms with Crippen molar-refractivity contribution in [1.29, 1.82) is 0 Å². The number of nitrogens with zero attached hydrogens (tertiary/aromatic N) is 2. The van der Waals surface area contributed by atoms with Crippen LogP contribution in [0, 0.1) is 0 Å². The van der Waals surface area contributed by atoms with Gasteiger partial charge in [0, 0.05) is 12.4 Å². The molecule has 2 rings (SSSR count). The highest BCUT2D eigenvalue weighted by atomic mass is 16.2. The quantitative estimate of drug-likeness (QED) is 0.728. The monoisotopic (exact) mass is 199 g/mol. The van der Waals surface area contributed by atoms with Crippen LogP contribution in [0.4, 0.5) is 0 Å². The van der Waals surface area contributed by atoms with E-state index in [9.17, 15) is 0 Å². The highest BCUT2D eigenvalue weighted by molar-refractivity contribution is 6.46. The number of benzene rings is 1. The maximum absolute atomic E-state index is 8.96. The lowest BCUT2D eigenvalue weighted by molar-refractivity contribution is 0.615. The molecule has 0 saturated heterocycles. The van der Waals surface area contributed by atoms with E-state index in [2.05, 4.69) is 11.7 Å². The van der Waals surface area contributed by atoms with Crippen LogP contribution >= 0.6 is 0 Å². The highest BCUT2D eigenvalue weighted by Crippen LogP contribution is 2.21. The van der Waals surface area contributed by atoms with Crippen LogP contribution in [0.2, 0.25) is 0 Å². The van der Waals surface area contributed by atoms with Crippen molar-refractivity contribution in [3.63, 3.8) is 0 Å². The summed E-state index contributed by atoms with van der Waals surface area (Å²) in [7, 11) is 2.99. The third kappa shape index (κ3) is 1.57. The third-order valence-electron chi connectivity index (χ3n) is 2.41. The number of rotatable bonds is 2. The summed E-state index contributed by atoms with van der Waals surface area (Å²) < 4.78 is 1.81. The Morgan fingerprint density at radius 1 is 1.53 bits per heavy atom. The zero-order valence-corrected chi connectivity index (χ0v) is 8.86. The Bertz CT molecular complexity index is 531. The van der Waals surface area contributed by atoms with E-state index in [1.54, 1.807) is 0 Å². The minimum atomic E-state index is 0.776. The fourth-order valence-electron chi connectivity index (χ4n) is 1.80. The average Bonchev–Trinajstić information content (AvgIpc) is 2.52. The van der Waals surface area contributed by atoms with Crippen LogP contribution in [0.25, 0.3) is 16.5 Å². The van der Waals surface area contributed by atoms with Crippen LogP contribution in [0.15, 0.2) is 24.8 Å². The minimum absolute atomic E-state index is 0.776. The van der Waals surface area contributed by atoms with E-state index in [0.717, 1.165) is 35.1 Å². The van der Waals surface area contributed by atoms with Gasteiger partial charge in [-0.05, 0) is 18.6 Å². The second-order valence-corrected chi connectivity index (χ2v) is 3.66. The topological polar surface area (TPSA) is 38.1 Å². The standard InChI is InChI=1S/C11H12BN2O/c1-7(2)11-9-6-8(12-15)4-5-10(9)13-14(11)3/h4-6,15H,1H2,2-3H3. The number of aromatic nitrogens is 2. The SMILES string of the molecule is C=C(C)c1c2cc([B]O)ccc2nn1C. The van der Waals surface area contributed by atoms with E-state index in [0.29, 0.717) is 0 Å². The molecule has 1 N–H and O–H groups in total. The van der Waals surface area contributed by atoms with Gasteiger partial charge in [-0.25, -0.2) is 0 Å². The van der Waals surface area contributed by atoms with Crippen molar-refractivity contribution in [1.82, 2.24) is 9.78 Å². The molecule has 0 bridgehead atoms. The van der Waals surface area contributed by atoms with Crippen molar-refractivity contribution in [2.75, 3.05) is 0 Å². The molecule has 0 spiro atoms. The lowest BCUT2D eigenvalue weighted by Crippen LogP contribution is -2.12. The van der Waals surface area contributed by atoms with Crippen molar-refractivity contribution >= 4 is 29.4 Å². The molecule has 0 unspecified atom stereocenters. The Morgan fingerprint density at radius 3 is 2.87 bits per heavy atom. The van der Waals surface area contributed by atoms with Crippen LogP contribution in [-0.2, 0) is 7.05 Å². The van der Waals surface area contributed by atoms with Gasteiger partial charge in [-0.1, -0.05) is 24.2 Å². The van der Waals surface area contributed by atoms with E-state index in [-0.39, 0.29) is 0 Å². The summed E-state index contributed by atoms with van der Waals surface area (Å²) in [5, 5.41) is 14.3. The summed E-state index contributed by atoms with van der Waals surface area (Å²) in [4.78, 5) is 0. The Morgan fingerprint density at radius 2 is 2.27 bits per heavy atom. The molecule has 1 aromatic heterocycles. The van der Waals surface area contributed by atoms with Gasteiger partial charge >= 0.3 is 7.48 Å². The maximum Gasteiger partial charge on any atom is 0.326 e. The van der Waals surface area contributed by atoms with E-state index >= 15 is 0 Å². The number of hydrogen-bond donors (Lipinski definition) is 1. The maximum atomic E-state index is 8.96. The molecule has 2 aromatic rings. The molecular formula is C11H12BN2O. The van der Waals surface area contributed by atoms with E-state index in [1.807, 2.05) is 36.9 Å². The van der Waals surface area contributed by atoms with Gasteiger partial charge in [0.1, 0.15) is 0 Å². The van der Waals surface area contributed by atoms with Gasteiger partial charge < -0.3 is 5.02 Å². The fourth-order valence-corrected chi connectivity index (χ4v) is 1.80. The lowest BCUT2D eigenvalue weighted by Gasteiger charge is -2.00. The molecule has 1 radical (unpaired) electrons. The van der Waals surface area contributed by atoms with Crippen LogP contribution < -0.4 is 5.46 Å². The van der Waals surface area contributed by atoms with Crippen LogP contribution in [0.5, 0.6) is 0 Å². The zero-order chi connectivity index (χ0) is 11.0. The van der Waals surface area contributed by atoms with Gasteiger partial charge in [0.2, 0.25) is 0 Å². The molecule has 0 saturated carbocycles. The van der Waals surface area contributed by atoms with Gasteiger partial charge in [-0.3, -0.25) is 4.68 Å². The molecule has 3 nitrogen and oxygen atoms in total. The molecule has 0 amide bonds. The van der Waals surface area contributed by atoms with Crippen molar-refractivity contribution in [3.05, 3.63) is 30.5 Å². The van der Waals surface area contributed by atoms with Gasteiger partial charge in [-0.15, -0.1) is 0 Å². The second kappa shape index (κ2) is 3.55. The minimum Gasteiger partial charge on any atom is -0.450 e. The fraction of sp³-hybridized carbons (Fsp3) is 0.182. The van der Waals surface area contributed by atoms with Crippen LogP contribution in [-0.4, -0.2) is 22.3 Å². The van der Waals surface area contributed by atoms with Crippen LogP contribution in [0.3, 0.4) is 0 Å².